The number of ketones is 1. The van der Waals surface area contributed by atoms with Crippen molar-refractivity contribution in [2.75, 3.05) is 0 Å². The summed E-state index contributed by atoms with van der Waals surface area (Å²) < 4.78 is 5.26. The lowest BCUT2D eigenvalue weighted by Crippen LogP contribution is -2.49. The molecule has 1 saturated carbocycles. The molecule has 0 spiro atoms. The molecule has 1 N–H and O–H groups in total. The molecule has 0 saturated heterocycles. The third kappa shape index (κ3) is 3.47. The largest absolute Gasteiger partial charge is 0.444 e. The maximum atomic E-state index is 11.8. The minimum absolute atomic E-state index is 0.134. The van der Waals surface area contributed by atoms with Gasteiger partial charge in [0.25, 0.3) is 0 Å². The number of carbonyl (C=O) groups is 2. The van der Waals surface area contributed by atoms with Crippen molar-refractivity contribution in [1.82, 2.24) is 5.32 Å². The lowest BCUT2D eigenvalue weighted by atomic mass is 9.85. The molecule has 1 fully saturated rings. The van der Waals surface area contributed by atoms with Crippen molar-refractivity contribution in [3.8, 4) is 0 Å². The summed E-state index contributed by atoms with van der Waals surface area (Å²) in [5.74, 6) is 0.376. The fourth-order valence-corrected chi connectivity index (χ4v) is 2.39. The Morgan fingerprint density at radius 3 is 2.00 bits per heavy atom. The summed E-state index contributed by atoms with van der Waals surface area (Å²) in [6.07, 6.45) is 1.29. The average molecular weight is 255 g/mol. The van der Waals surface area contributed by atoms with Crippen molar-refractivity contribution in [1.29, 1.82) is 0 Å². The molecule has 0 aromatic carbocycles. The van der Waals surface area contributed by atoms with Gasteiger partial charge >= 0.3 is 6.09 Å². The van der Waals surface area contributed by atoms with Crippen molar-refractivity contribution in [3.05, 3.63) is 0 Å². The molecule has 1 unspecified atom stereocenters. The van der Waals surface area contributed by atoms with Gasteiger partial charge in [-0.1, -0.05) is 13.8 Å². The van der Waals surface area contributed by atoms with E-state index < -0.39 is 11.7 Å². The Hall–Kier alpha value is -1.06. The molecule has 0 aliphatic heterocycles. The van der Waals surface area contributed by atoms with E-state index in [0.717, 1.165) is 12.8 Å². The topological polar surface area (TPSA) is 55.4 Å². The van der Waals surface area contributed by atoms with E-state index in [1.165, 1.54) is 0 Å². The van der Waals surface area contributed by atoms with Crippen LogP contribution in [0.4, 0.5) is 4.79 Å². The lowest BCUT2D eigenvalue weighted by Gasteiger charge is -2.30. The third-order valence-electron chi connectivity index (χ3n) is 3.42. The molecule has 0 heterocycles. The number of hydrogen-bond donors (Lipinski definition) is 1. The quantitative estimate of drug-likeness (QED) is 0.840. The summed E-state index contributed by atoms with van der Waals surface area (Å²) in [4.78, 5) is 23.6. The molecule has 1 rings (SSSR count). The molecule has 0 radical (unpaired) electrons. The zero-order valence-corrected chi connectivity index (χ0v) is 12.3. The number of amides is 1. The first-order chi connectivity index (χ1) is 8.08. The first-order valence-corrected chi connectivity index (χ1v) is 6.59. The molecule has 1 amide bonds. The average Bonchev–Trinajstić information content (AvgIpc) is 2.91. The van der Waals surface area contributed by atoms with E-state index in [9.17, 15) is 9.59 Å². The Morgan fingerprint density at radius 2 is 1.72 bits per heavy atom. The van der Waals surface area contributed by atoms with Crippen LogP contribution in [0.2, 0.25) is 0 Å². The van der Waals surface area contributed by atoms with Gasteiger partial charge in [0.15, 0.2) is 0 Å². The fourth-order valence-electron chi connectivity index (χ4n) is 2.39. The predicted octanol–water partition coefficient (Wildman–Crippen LogP) is 2.90. The number of carbonyl (C=O) groups excluding carboxylic acids is 2. The fraction of sp³-hybridized carbons (Fsp3) is 0.857. The summed E-state index contributed by atoms with van der Waals surface area (Å²) in [7, 11) is 0. The number of hydrogen-bond acceptors (Lipinski definition) is 3. The summed E-state index contributed by atoms with van der Waals surface area (Å²) >= 11 is 0. The van der Waals surface area contributed by atoms with Crippen LogP contribution in [-0.4, -0.2) is 23.5 Å². The van der Waals surface area contributed by atoms with E-state index in [2.05, 4.69) is 5.32 Å². The molecule has 18 heavy (non-hydrogen) atoms. The van der Waals surface area contributed by atoms with Gasteiger partial charge < -0.3 is 10.1 Å². The van der Waals surface area contributed by atoms with Crippen LogP contribution in [0.1, 0.15) is 54.4 Å². The zero-order chi connectivity index (χ0) is 14.1. The van der Waals surface area contributed by atoms with E-state index in [4.69, 9.17) is 4.74 Å². The Balaban J connectivity index is 2.71. The molecule has 0 bridgehead atoms. The molecule has 0 aromatic rings. The zero-order valence-electron chi connectivity index (χ0n) is 12.3. The van der Waals surface area contributed by atoms with Crippen LogP contribution in [0.15, 0.2) is 0 Å². The second-order valence-electron chi connectivity index (χ2n) is 6.58. The Bertz CT molecular complexity index is 337. The number of rotatable bonds is 4. The van der Waals surface area contributed by atoms with E-state index in [0.29, 0.717) is 0 Å². The van der Waals surface area contributed by atoms with Gasteiger partial charge in [0.2, 0.25) is 0 Å². The van der Waals surface area contributed by atoms with Crippen LogP contribution in [0.25, 0.3) is 0 Å². The summed E-state index contributed by atoms with van der Waals surface area (Å²) in [5.41, 5.74) is -0.871. The molecular formula is C14H25NO3. The second-order valence-corrected chi connectivity index (χ2v) is 6.58. The van der Waals surface area contributed by atoms with Gasteiger partial charge in [-0.3, -0.25) is 4.79 Å². The highest BCUT2D eigenvalue weighted by atomic mass is 16.6. The predicted molar refractivity (Wildman–Crippen MR) is 70.3 cm³/mol. The van der Waals surface area contributed by atoms with Crippen molar-refractivity contribution >= 4 is 11.9 Å². The normalized spacial score (nSPS) is 19.3. The molecule has 0 aromatic heterocycles. The summed E-state index contributed by atoms with van der Waals surface area (Å²) in [5, 5.41) is 2.88. The van der Waals surface area contributed by atoms with Crippen molar-refractivity contribution in [2.24, 2.45) is 11.3 Å². The van der Waals surface area contributed by atoms with Gasteiger partial charge in [-0.25, -0.2) is 4.79 Å². The Morgan fingerprint density at radius 1 is 1.22 bits per heavy atom. The van der Waals surface area contributed by atoms with E-state index in [-0.39, 0.29) is 23.2 Å². The summed E-state index contributed by atoms with van der Waals surface area (Å²) in [6.45, 7) is 11.1. The van der Waals surface area contributed by atoms with E-state index in [1.807, 2.05) is 34.6 Å². The molecule has 1 atom stereocenters. The highest BCUT2D eigenvalue weighted by Crippen LogP contribution is 2.51. The second kappa shape index (κ2) is 4.90. The van der Waals surface area contributed by atoms with Crippen LogP contribution < -0.4 is 5.32 Å². The van der Waals surface area contributed by atoms with Crippen molar-refractivity contribution in [3.63, 3.8) is 0 Å². The van der Waals surface area contributed by atoms with Gasteiger partial charge in [0.05, 0.1) is 0 Å². The van der Waals surface area contributed by atoms with Gasteiger partial charge in [-0.15, -0.1) is 0 Å². The first kappa shape index (κ1) is 15.0. The highest BCUT2D eigenvalue weighted by Gasteiger charge is 2.55. The van der Waals surface area contributed by atoms with Crippen molar-refractivity contribution in [2.45, 2.75) is 66.0 Å². The number of Topliss-reactive ketones (excluding diaryl/α,β-unsaturated/α-hetero) is 1. The molecule has 1 aliphatic carbocycles. The van der Waals surface area contributed by atoms with Crippen LogP contribution in [0, 0.1) is 11.3 Å². The Kier molecular flexibility index (Phi) is 4.08. The molecule has 4 nitrogen and oxygen atoms in total. The van der Waals surface area contributed by atoms with Crippen LogP contribution >= 0.6 is 0 Å². The summed E-state index contributed by atoms with van der Waals surface area (Å²) in [6, 6.07) is -0.134. The van der Waals surface area contributed by atoms with Gasteiger partial charge in [0, 0.05) is 11.5 Å². The van der Waals surface area contributed by atoms with Crippen LogP contribution in [-0.2, 0) is 9.53 Å². The Labute approximate surface area is 109 Å². The third-order valence-corrected chi connectivity index (χ3v) is 3.42. The standard InChI is InChI=1S/C14H25NO3/c1-9(2)11(14(7-8-14)10(3)16)15-12(17)18-13(4,5)6/h9,11H,7-8H2,1-6H3,(H,15,17). The van der Waals surface area contributed by atoms with Gasteiger partial charge in [-0.2, -0.15) is 0 Å². The molecule has 104 valence electrons. The number of nitrogens with one attached hydrogen (secondary N) is 1. The van der Waals surface area contributed by atoms with Gasteiger partial charge in [0.1, 0.15) is 11.4 Å². The highest BCUT2D eigenvalue weighted by molar-refractivity contribution is 5.86. The molecule has 1 aliphatic rings. The molecular weight excluding hydrogens is 230 g/mol. The van der Waals surface area contributed by atoms with Crippen LogP contribution in [0.5, 0.6) is 0 Å². The maximum Gasteiger partial charge on any atom is 0.407 e. The van der Waals surface area contributed by atoms with E-state index >= 15 is 0 Å². The van der Waals surface area contributed by atoms with Crippen molar-refractivity contribution < 1.29 is 14.3 Å². The first-order valence-electron chi connectivity index (χ1n) is 6.59. The van der Waals surface area contributed by atoms with Gasteiger partial charge in [-0.05, 0) is 46.5 Å². The minimum Gasteiger partial charge on any atom is -0.444 e. The number of ether oxygens (including phenoxy) is 1. The maximum absolute atomic E-state index is 11.8. The molecule has 4 heteroatoms. The monoisotopic (exact) mass is 255 g/mol. The van der Waals surface area contributed by atoms with E-state index in [1.54, 1.807) is 6.92 Å². The lowest BCUT2D eigenvalue weighted by molar-refractivity contribution is -0.123. The van der Waals surface area contributed by atoms with Crippen LogP contribution in [0.3, 0.4) is 0 Å². The minimum atomic E-state index is -0.515. The number of alkyl carbamates (subject to hydrolysis) is 1. The smallest absolute Gasteiger partial charge is 0.407 e. The SMILES string of the molecule is CC(=O)C1(C(NC(=O)OC(C)(C)C)C(C)C)CC1.